The van der Waals surface area contributed by atoms with Crippen LogP contribution < -0.4 is 5.32 Å². The fourth-order valence-corrected chi connectivity index (χ4v) is 2.45. The van der Waals surface area contributed by atoms with Gasteiger partial charge in [0.1, 0.15) is 5.54 Å². The van der Waals surface area contributed by atoms with Gasteiger partial charge in [0.2, 0.25) is 0 Å². The molecule has 1 saturated carbocycles. The fourth-order valence-electron chi connectivity index (χ4n) is 2.45. The second kappa shape index (κ2) is 7.11. The molecule has 1 atom stereocenters. The summed E-state index contributed by atoms with van der Waals surface area (Å²) in [5.41, 5.74) is -0.317. The van der Waals surface area contributed by atoms with Crippen molar-refractivity contribution in [2.45, 2.75) is 64.5 Å². The highest BCUT2D eigenvalue weighted by Gasteiger charge is 2.27. The van der Waals surface area contributed by atoms with Crippen molar-refractivity contribution in [1.29, 1.82) is 5.26 Å². The second-order valence-electron chi connectivity index (χ2n) is 5.93. The van der Waals surface area contributed by atoms with Crippen LogP contribution in [0.1, 0.15) is 52.9 Å². The minimum absolute atomic E-state index is 0.317. The monoisotopic (exact) mass is 251 g/mol. The van der Waals surface area contributed by atoms with Crippen molar-refractivity contribution in [1.82, 2.24) is 10.2 Å². The van der Waals surface area contributed by atoms with E-state index >= 15 is 0 Å². The zero-order valence-corrected chi connectivity index (χ0v) is 12.5. The van der Waals surface area contributed by atoms with Crippen LogP contribution in [0.5, 0.6) is 0 Å². The molecule has 3 nitrogen and oxygen atoms in total. The quantitative estimate of drug-likeness (QED) is 0.685. The molecular weight excluding hydrogens is 222 g/mol. The van der Waals surface area contributed by atoms with Gasteiger partial charge in [-0.3, -0.25) is 0 Å². The van der Waals surface area contributed by atoms with E-state index in [4.69, 9.17) is 0 Å². The van der Waals surface area contributed by atoms with Gasteiger partial charge in [0.05, 0.1) is 6.07 Å². The van der Waals surface area contributed by atoms with Crippen molar-refractivity contribution in [3.63, 3.8) is 0 Å². The van der Waals surface area contributed by atoms with Crippen LogP contribution in [0.2, 0.25) is 0 Å². The zero-order valence-electron chi connectivity index (χ0n) is 12.5. The Hall–Kier alpha value is -0.590. The summed E-state index contributed by atoms with van der Waals surface area (Å²) in [7, 11) is 1.90. The first-order chi connectivity index (χ1) is 8.56. The molecule has 0 heterocycles. The Labute approximate surface area is 113 Å². The molecule has 0 amide bonds. The predicted octanol–water partition coefficient (Wildman–Crippen LogP) is 2.78. The lowest BCUT2D eigenvalue weighted by Gasteiger charge is -2.29. The van der Waals surface area contributed by atoms with E-state index in [1.54, 1.807) is 0 Å². The molecule has 1 aliphatic carbocycles. The molecular formula is C15H29N3. The molecule has 0 bridgehead atoms. The van der Waals surface area contributed by atoms with E-state index in [2.05, 4.69) is 37.1 Å². The van der Waals surface area contributed by atoms with Crippen molar-refractivity contribution in [2.75, 3.05) is 20.1 Å². The number of hydrogen-bond donors (Lipinski definition) is 1. The Morgan fingerprint density at radius 2 is 2.11 bits per heavy atom. The third-order valence-corrected chi connectivity index (χ3v) is 4.26. The first-order valence-corrected chi connectivity index (χ1v) is 7.41. The first kappa shape index (κ1) is 15.5. The van der Waals surface area contributed by atoms with E-state index in [0.717, 1.165) is 31.7 Å². The Kier molecular flexibility index (Phi) is 6.11. The minimum atomic E-state index is -0.317. The highest BCUT2D eigenvalue weighted by atomic mass is 15.1. The van der Waals surface area contributed by atoms with Gasteiger partial charge in [-0.15, -0.1) is 0 Å². The van der Waals surface area contributed by atoms with Crippen LogP contribution in [-0.2, 0) is 0 Å². The third kappa shape index (κ3) is 4.59. The van der Waals surface area contributed by atoms with E-state index in [1.807, 2.05) is 7.05 Å². The maximum atomic E-state index is 9.28. The number of nitrogens with one attached hydrogen (secondary N) is 1. The normalized spacial score (nSPS) is 18.9. The topological polar surface area (TPSA) is 39.1 Å². The van der Waals surface area contributed by atoms with Crippen LogP contribution in [0.15, 0.2) is 0 Å². The van der Waals surface area contributed by atoms with E-state index in [0.29, 0.717) is 6.04 Å². The van der Waals surface area contributed by atoms with Crippen LogP contribution in [-0.4, -0.2) is 36.6 Å². The molecule has 18 heavy (non-hydrogen) atoms. The number of rotatable bonds is 9. The molecule has 0 aromatic carbocycles. The average molecular weight is 251 g/mol. The molecule has 1 N–H and O–H groups in total. The molecule has 3 heteroatoms. The summed E-state index contributed by atoms with van der Waals surface area (Å²) in [6.45, 7) is 9.02. The number of nitrogens with zero attached hydrogens (tertiary/aromatic N) is 2. The van der Waals surface area contributed by atoms with Crippen molar-refractivity contribution < 1.29 is 0 Å². The maximum absolute atomic E-state index is 9.28. The van der Waals surface area contributed by atoms with Crippen molar-refractivity contribution in [3.05, 3.63) is 0 Å². The van der Waals surface area contributed by atoms with Gasteiger partial charge in [-0.25, -0.2) is 0 Å². The van der Waals surface area contributed by atoms with Gasteiger partial charge in [-0.2, -0.15) is 5.26 Å². The van der Waals surface area contributed by atoms with Gasteiger partial charge in [0, 0.05) is 12.6 Å². The number of hydrogen-bond acceptors (Lipinski definition) is 3. The molecule has 0 aliphatic heterocycles. The van der Waals surface area contributed by atoms with Crippen LogP contribution in [0.25, 0.3) is 0 Å². The molecule has 0 aromatic heterocycles. The van der Waals surface area contributed by atoms with E-state index in [1.165, 1.54) is 19.4 Å². The largest absolute Gasteiger partial charge is 0.302 e. The van der Waals surface area contributed by atoms with Crippen LogP contribution in [0, 0.1) is 17.2 Å². The van der Waals surface area contributed by atoms with Gasteiger partial charge in [-0.05, 0) is 65.5 Å². The fraction of sp³-hybridized carbons (Fsp3) is 0.933. The highest BCUT2D eigenvalue weighted by molar-refractivity contribution is 5.05. The summed E-state index contributed by atoms with van der Waals surface area (Å²) in [5, 5.41) is 12.5. The van der Waals surface area contributed by atoms with Crippen LogP contribution >= 0.6 is 0 Å². The molecule has 0 aromatic rings. The molecule has 1 fully saturated rings. The summed E-state index contributed by atoms with van der Waals surface area (Å²) in [5.74, 6) is 0.948. The van der Waals surface area contributed by atoms with Gasteiger partial charge < -0.3 is 10.2 Å². The summed E-state index contributed by atoms with van der Waals surface area (Å²) >= 11 is 0. The molecule has 0 saturated heterocycles. The van der Waals surface area contributed by atoms with Crippen molar-refractivity contribution in [3.8, 4) is 6.07 Å². The number of nitriles is 1. The Bertz CT molecular complexity index is 272. The molecule has 0 radical (unpaired) electrons. The highest BCUT2D eigenvalue weighted by Crippen LogP contribution is 2.30. The van der Waals surface area contributed by atoms with E-state index in [-0.39, 0.29) is 5.54 Å². The summed E-state index contributed by atoms with van der Waals surface area (Å²) in [6, 6.07) is 3.06. The van der Waals surface area contributed by atoms with Crippen molar-refractivity contribution in [2.24, 2.45) is 5.92 Å². The SMILES string of the molecule is CCC(C#N)(CCCN(CC1CC1)C(C)C)NC. The van der Waals surface area contributed by atoms with Crippen LogP contribution in [0.4, 0.5) is 0 Å². The van der Waals surface area contributed by atoms with E-state index in [9.17, 15) is 5.26 Å². The lowest BCUT2D eigenvalue weighted by Crippen LogP contribution is -2.42. The minimum Gasteiger partial charge on any atom is -0.302 e. The van der Waals surface area contributed by atoms with Gasteiger partial charge >= 0.3 is 0 Å². The average Bonchev–Trinajstić information content (AvgIpc) is 3.17. The summed E-state index contributed by atoms with van der Waals surface area (Å²) in [6.07, 6.45) is 5.76. The van der Waals surface area contributed by atoms with E-state index < -0.39 is 0 Å². The van der Waals surface area contributed by atoms with Gasteiger partial charge in [-0.1, -0.05) is 6.92 Å². The van der Waals surface area contributed by atoms with Crippen molar-refractivity contribution >= 4 is 0 Å². The smallest absolute Gasteiger partial charge is 0.106 e. The maximum Gasteiger partial charge on any atom is 0.106 e. The summed E-state index contributed by atoms with van der Waals surface area (Å²) < 4.78 is 0. The molecule has 1 unspecified atom stereocenters. The van der Waals surface area contributed by atoms with Crippen LogP contribution in [0.3, 0.4) is 0 Å². The molecule has 104 valence electrons. The van der Waals surface area contributed by atoms with Gasteiger partial charge in [0.15, 0.2) is 0 Å². The molecule has 1 rings (SSSR count). The lowest BCUT2D eigenvalue weighted by molar-refractivity contribution is 0.201. The lowest BCUT2D eigenvalue weighted by atomic mass is 9.92. The first-order valence-electron chi connectivity index (χ1n) is 7.41. The summed E-state index contributed by atoms with van der Waals surface area (Å²) in [4.78, 5) is 2.57. The molecule has 1 aliphatic rings. The Morgan fingerprint density at radius 3 is 2.50 bits per heavy atom. The standard InChI is InChI=1S/C15H29N3/c1-5-15(12-16,17-4)9-6-10-18(13(2)3)11-14-7-8-14/h13-14,17H,5-11H2,1-4H3. The Balaban J connectivity index is 2.35. The third-order valence-electron chi connectivity index (χ3n) is 4.26. The second-order valence-corrected chi connectivity index (χ2v) is 5.93. The van der Waals surface area contributed by atoms with Gasteiger partial charge in [0.25, 0.3) is 0 Å². The Morgan fingerprint density at radius 1 is 1.44 bits per heavy atom. The zero-order chi connectivity index (χ0) is 13.6. The molecule has 0 spiro atoms. The predicted molar refractivity (Wildman–Crippen MR) is 76.4 cm³/mol.